The van der Waals surface area contributed by atoms with Crippen LogP contribution in [-0.2, 0) is 6.42 Å². The summed E-state index contributed by atoms with van der Waals surface area (Å²) in [6.07, 6.45) is 2.57. The van der Waals surface area contributed by atoms with E-state index in [2.05, 4.69) is 39.6 Å². The van der Waals surface area contributed by atoms with Crippen molar-refractivity contribution in [2.24, 2.45) is 0 Å². The van der Waals surface area contributed by atoms with Crippen molar-refractivity contribution in [1.29, 1.82) is 0 Å². The molecule has 0 aliphatic heterocycles. The maximum atomic E-state index is 4.67. The van der Waals surface area contributed by atoms with Crippen LogP contribution in [0.25, 0.3) is 10.9 Å². The van der Waals surface area contributed by atoms with Crippen molar-refractivity contribution in [3.05, 3.63) is 66.1 Å². The van der Waals surface area contributed by atoms with Gasteiger partial charge in [-0.15, -0.1) is 0 Å². The molecule has 0 fully saturated rings. The third-order valence-corrected chi connectivity index (χ3v) is 3.12. The summed E-state index contributed by atoms with van der Waals surface area (Å²) in [5, 5.41) is 4.29. The molecule has 3 nitrogen and oxygen atoms in total. The Hall–Kier alpha value is -2.42. The largest absolute Gasteiger partial charge is 0.388 e. The average molecular weight is 249 g/mol. The molecule has 0 bridgehead atoms. The molecule has 3 aromatic rings. The number of hydrogen-bond acceptors (Lipinski definition) is 3. The van der Waals surface area contributed by atoms with Gasteiger partial charge >= 0.3 is 0 Å². The summed E-state index contributed by atoms with van der Waals surface area (Å²) in [4.78, 5) is 9.05. The van der Waals surface area contributed by atoms with Crippen LogP contribution in [0.2, 0.25) is 0 Å². The first-order valence-corrected chi connectivity index (χ1v) is 6.32. The van der Waals surface area contributed by atoms with Crippen LogP contribution in [-0.4, -0.2) is 17.0 Å². The Balaban J connectivity index is 1.92. The second kappa shape index (κ2) is 5.06. The van der Waals surface area contributed by atoms with Gasteiger partial charge in [-0.2, -0.15) is 0 Å². The summed E-state index contributed by atoms with van der Waals surface area (Å²) in [6, 6.07) is 16.3. The Morgan fingerprint density at radius 2 is 1.89 bits per heavy atom. The highest BCUT2D eigenvalue weighted by atomic mass is 14.8. The first kappa shape index (κ1) is 11.7. The van der Waals surface area contributed by atoms with Crippen LogP contribution in [0.5, 0.6) is 0 Å². The zero-order valence-electron chi connectivity index (χ0n) is 10.8. The highest BCUT2D eigenvalue weighted by Gasteiger charge is 2.02. The second-order valence-electron chi connectivity index (χ2n) is 4.46. The van der Waals surface area contributed by atoms with Crippen LogP contribution in [0.15, 0.2) is 54.7 Å². The molecule has 2 heterocycles. The van der Waals surface area contributed by atoms with Crippen LogP contribution in [0.4, 0.5) is 5.69 Å². The number of rotatable bonds is 3. The summed E-state index contributed by atoms with van der Waals surface area (Å²) in [5.41, 5.74) is 4.17. The molecule has 0 aliphatic rings. The predicted molar refractivity (Wildman–Crippen MR) is 78.3 cm³/mol. The van der Waals surface area contributed by atoms with Crippen molar-refractivity contribution in [3.63, 3.8) is 0 Å². The molecule has 0 aliphatic carbocycles. The van der Waals surface area contributed by atoms with Gasteiger partial charge in [0.2, 0.25) is 0 Å². The first-order chi connectivity index (χ1) is 9.35. The van der Waals surface area contributed by atoms with Gasteiger partial charge in [0, 0.05) is 42.1 Å². The van der Waals surface area contributed by atoms with Gasteiger partial charge in [-0.1, -0.05) is 24.3 Å². The van der Waals surface area contributed by atoms with Gasteiger partial charge in [0.25, 0.3) is 0 Å². The van der Waals surface area contributed by atoms with Gasteiger partial charge < -0.3 is 5.32 Å². The fourth-order valence-electron chi connectivity index (χ4n) is 2.12. The molecule has 3 rings (SSSR count). The van der Waals surface area contributed by atoms with Gasteiger partial charge in [-0.05, 0) is 24.3 Å². The summed E-state index contributed by atoms with van der Waals surface area (Å²) in [5.74, 6) is 0. The minimum Gasteiger partial charge on any atom is -0.388 e. The molecule has 1 aromatic carbocycles. The van der Waals surface area contributed by atoms with Crippen molar-refractivity contribution >= 4 is 16.6 Å². The maximum absolute atomic E-state index is 4.67. The van der Waals surface area contributed by atoms with E-state index in [1.165, 1.54) is 5.39 Å². The van der Waals surface area contributed by atoms with E-state index in [0.29, 0.717) is 0 Å². The lowest BCUT2D eigenvalue weighted by atomic mass is 10.1. The van der Waals surface area contributed by atoms with Gasteiger partial charge in [-0.25, -0.2) is 0 Å². The third kappa shape index (κ3) is 2.55. The van der Waals surface area contributed by atoms with E-state index in [4.69, 9.17) is 0 Å². The molecule has 1 N–H and O–H groups in total. The zero-order chi connectivity index (χ0) is 13.1. The van der Waals surface area contributed by atoms with Crippen LogP contribution >= 0.6 is 0 Å². The first-order valence-electron chi connectivity index (χ1n) is 6.32. The molecule has 0 amide bonds. The quantitative estimate of drug-likeness (QED) is 0.774. The summed E-state index contributed by atoms with van der Waals surface area (Å²) in [7, 11) is 1.91. The number of nitrogens with one attached hydrogen (secondary N) is 1. The monoisotopic (exact) mass is 249 g/mol. The average Bonchev–Trinajstić information content (AvgIpc) is 2.47. The number of para-hydroxylation sites is 1. The fraction of sp³-hybridized carbons (Fsp3) is 0.125. The standard InChI is InChI=1S/C16H15N3/c1-17-13-8-9-18-15(10-13)11-14-7-6-12-4-2-3-5-16(12)19-14/h2-10H,11H2,1H3,(H,17,18). The number of pyridine rings is 2. The van der Waals surface area contributed by atoms with Crippen molar-refractivity contribution in [2.45, 2.75) is 6.42 Å². The Bertz CT molecular complexity index is 707. The topological polar surface area (TPSA) is 37.8 Å². The molecule has 3 heteroatoms. The Morgan fingerprint density at radius 3 is 2.79 bits per heavy atom. The summed E-state index contributed by atoms with van der Waals surface area (Å²) in [6.45, 7) is 0. The van der Waals surface area contributed by atoms with Crippen molar-refractivity contribution in [2.75, 3.05) is 12.4 Å². The van der Waals surface area contributed by atoms with Crippen LogP contribution in [0.3, 0.4) is 0 Å². The maximum Gasteiger partial charge on any atom is 0.0705 e. The van der Waals surface area contributed by atoms with E-state index in [1.807, 2.05) is 37.5 Å². The van der Waals surface area contributed by atoms with E-state index in [0.717, 1.165) is 29.0 Å². The number of hydrogen-bond donors (Lipinski definition) is 1. The highest BCUT2D eigenvalue weighted by Crippen LogP contribution is 2.15. The van der Waals surface area contributed by atoms with E-state index in [-0.39, 0.29) is 0 Å². The zero-order valence-corrected chi connectivity index (χ0v) is 10.8. The number of benzene rings is 1. The molecule has 0 spiro atoms. The SMILES string of the molecule is CNc1ccnc(Cc2ccc3ccccc3n2)c1. The molecule has 0 saturated carbocycles. The normalized spacial score (nSPS) is 10.6. The second-order valence-corrected chi connectivity index (χ2v) is 4.46. The summed E-state index contributed by atoms with van der Waals surface area (Å²) < 4.78 is 0. The Labute approximate surface area is 112 Å². The lowest BCUT2D eigenvalue weighted by Crippen LogP contribution is -1.97. The van der Waals surface area contributed by atoms with Crippen LogP contribution in [0.1, 0.15) is 11.4 Å². The molecular weight excluding hydrogens is 234 g/mol. The van der Waals surface area contributed by atoms with E-state index < -0.39 is 0 Å². The highest BCUT2D eigenvalue weighted by molar-refractivity contribution is 5.78. The number of aromatic nitrogens is 2. The van der Waals surface area contributed by atoms with E-state index in [9.17, 15) is 0 Å². The van der Waals surface area contributed by atoms with Crippen molar-refractivity contribution in [3.8, 4) is 0 Å². The van der Waals surface area contributed by atoms with Gasteiger partial charge in [0.15, 0.2) is 0 Å². The predicted octanol–water partition coefficient (Wildman–Crippen LogP) is 3.26. The van der Waals surface area contributed by atoms with E-state index >= 15 is 0 Å². The van der Waals surface area contributed by atoms with Crippen LogP contribution in [0, 0.1) is 0 Å². The lowest BCUT2D eigenvalue weighted by Gasteiger charge is -2.05. The van der Waals surface area contributed by atoms with Gasteiger partial charge in [0.1, 0.15) is 0 Å². The molecule has 2 aromatic heterocycles. The third-order valence-electron chi connectivity index (χ3n) is 3.12. The number of anilines is 1. The number of nitrogens with zero attached hydrogens (tertiary/aromatic N) is 2. The molecule has 0 saturated heterocycles. The lowest BCUT2D eigenvalue weighted by molar-refractivity contribution is 1.03. The van der Waals surface area contributed by atoms with Gasteiger partial charge in [0.05, 0.1) is 5.52 Å². The Morgan fingerprint density at radius 1 is 1.00 bits per heavy atom. The molecular formula is C16H15N3. The minimum absolute atomic E-state index is 0.750. The fourth-order valence-corrected chi connectivity index (χ4v) is 2.12. The molecule has 19 heavy (non-hydrogen) atoms. The molecule has 0 unspecified atom stereocenters. The van der Waals surface area contributed by atoms with E-state index in [1.54, 1.807) is 0 Å². The van der Waals surface area contributed by atoms with Crippen LogP contribution < -0.4 is 5.32 Å². The van der Waals surface area contributed by atoms with Gasteiger partial charge in [-0.3, -0.25) is 9.97 Å². The summed E-state index contributed by atoms with van der Waals surface area (Å²) >= 11 is 0. The minimum atomic E-state index is 0.750. The molecule has 0 radical (unpaired) electrons. The smallest absolute Gasteiger partial charge is 0.0705 e. The molecule has 94 valence electrons. The Kier molecular flexibility index (Phi) is 3.11. The molecule has 0 atom stereocenters. The number of fused-ring (bicyclic) bond motifs is 1. The van der Waals surface area contributed by atoms with Crippen molar-refractivity contribution < 1.29 is 0 Å². The van der Waals surface area contributed by atoms with Crippen molar-refractivity contribution in [1.82, 2.24) is 9.97 Å².